The van der Waals surface area contributed by atoms with Gasteiger partial charge in [0.05, 0.1) is 19.8 Å². The maximum atomic E-state index is 12.6. The van der Waals surface area contributed by atoms with Crippen LogP contribution < -0.4 is 10.1 Å². The van der Waals surface area contributed by atoms with Crippen molar-refractivity contribution >= 4 is 11.7 Å². The molecule has 0 radical (unpaired) electrons. The molecule has 6 heteroatoms. The number of nitrogens with one attached hydrogen (secondary N) is 1. The smallest absolute Gasteiger partial charge is 0.322 e. The Bertz CT molecular complexity index is 581. The van der Waals surface area contributed by atoms with Crippen LogP contribution in [0.2, 0.25) is 0 Å². The molecular formula is C19H29N3O3. The van der Waals surface area contributed by atoms with E-state index in [1.54, 1.807) is 7.11 Å². The summed E-state index contributed by atoms with van der Waals surface area (Å²) in [5.74, 6) is 0.733. The van der Waals surface area contributed by atoms with Gasteiger partial charge in [-0.15, -0.1) is 0 Å². The number of nitrogens with zero attached hydrogens (tertiary/aromatic N) is 2. The number of anilines is 1. The lowest BCUT2D eigenvalue weighted by molar-refractivity contribution is -0.0377. The summed E-state index contributed by atoms with van der Waals surface area (Å²) in [6, 6.07) is 7.96. The zero-order chi connectivity index (χ0) is 17.6. The van der Waals surface area contributed by atoms with Crippen LogP contribution in [0.15, 0.2) is 24.3 Å². The summed E-state index contributed by atoms with van der Waals surface area (Å²) in [4.78, 5) is 16.9. The van der Waals surface area contributed by atoms with Gasteiger partial charge in [0.2, 0.25) is 0 Å². The van der Waals surface area contributed by atoms with Crippen LogP contribution in [0.25, 0.3) is 0 Å². The van der Waals surface area contributed by atoms with Gasteiger partial charge in [-0.25, -0.2) is 4.79 Å². The Kier molecular flexibility index (Phi) is 6.15. The summed E-state index contributed by atoms with van der Waals surface area (Å²) < 4.78 is 11.1. The Labute approximate surface area is 150 Å². The highest BCUT2D eigenvalue weighted by molar-refractivity contribution is 5.89. The van der Waals surface area contributed by atoms with Gasteiger partial charge < -0.3 is 19.7 Å². The average Bonchev–Trinajstić information content (AvgIpc) is 2.64. The highest BCUT2D eigenvalue weighted by atomic mass is 16.5. The van der Waals surface area contributed by atoms with Crippen molar-refractivity contribution in [2.24, 2.45) is 0 Å². The van der Waals surface area contributed by atoms with Gasteiger partial charge in [-0.05, 0) is 38.4 Å². The number of hydrogen-bond acceptors (Lipinski definition) is 4. The first kappa shape index (κ1) is 18.0. The Morgan fingerprint density at radius 1 is 1.36 bits per heavy atom. The van der Waals surface area contributed by atoms with Crippen molar-refractivity contribution in [2.45, 2.75) is 38.3 Å². The monoisotopic (exact) mass is 347 g/mol. The summed E-state index contributed by atoms with van der Waals surface area (Å²) >= 11 is 0. The quantitative estimate of drug-likeness (QED) is 0.910. The molecule has 6 nitrogen and oxygen atoms in total. The molecule has 1 N–H and O–H groups in total. The second-order valence-corrected chi connectivity index (χ2v) is 6.94. The Morgan fingerprint density at radius 2 is 2.24 bits per heavy atom. The predicted octanol–water partition coefficient (Wildman–Crippen LogP) is 2.80. The number of rotatable bonds is 4. The van der Waals surface area contributed by atoms with Crippen molar-refractivity contribution in [1.29, 1.82) is 0 Å². The van der Waals surface area contributed by atoms with Crippen LogP contribution >= 0.6 is 0 Å². The number of carbonyl (C=O) groups excluding carboxylic acids is 1. The number of benzene rings is 1. The Balaban J connectivity index is 1.54. The zero-order valence-corrected chi connectivity index (χ0v) is 15.2. The summed E-state index contributed by atoms with van der Waals surface area (Å²) in [5, 5.41) is 2.96. The number of piperidine rings is 1. The van der Waals surface area contributed by atoms with E-state index in [1.165, 1.54) is 19.3 Å². The molecule has 2 saturated heterocycles. The number of carbonyl (C=O) groups is 1. The van der Waals surface area contributed by atoms with Crippen molar-refractivity contribution in [3.63, 3.8) is 0 Å². The van der Waals surface area contributed by atoms with Gasteiger partial charge in [0.15, 0.2) is 0 Å². The van der Waals surface area contributed by atoms with E-state index >= 15 is 0 Å². The van der Waals surface area contributed by atoms with Crippen molar-refractivity contribution in [3.8, 4) is 5.75 Å². The molecule has 1 aromatic rings. The SMILES string of the molecule is COc1cccc(NC(=O)N2CCOC(CN3CCCCC3C)C2)c1. The van der Waals surface area contributed by atoms with Crippen LogP contribution in [0.3, 0.4) is 0 Å². The maximum Gasteiger partial charge on any atom is 0.322 e. The second kappa shape index (κ2) is 8.54. The van der Waals surface area contributed by atoms with Crippen molar-refractivity contribution in [3.05, 3.63) is 24.3 Å². The molecule has 2 atom stereocenters. The number of amides is 2. The van der Waals surface area contributed by atoms with E-state index in [0.29, 0.717) is 25.7 Å². The van der Waals surface area contributed by atoms with Crippen LogP contribution in [0.4, 0.5) is 10.5 Å². The van der Waals surface area contributed by atoms with E-state index < -0.39 is 0 Å². The molecule has 2 aliphatic heterocycles. The standard InChI is InChI=1S/C19H29N3O3/c1-15-6-3-4-9-21(15)13-18-14-22(10-11-25-18)19(23)20-16-7-5-8-17(12-16)24-2/h5,7-8,12,15,18H,3-4,6,9-11,13-14H2,1-2H3,(H,20,23). The highest BCUT2D eigenvalue weighted by Crippen LogP contribution is 2.20. The van der Waals surface area contributed by atoms with Crippen LogP contribution in [-0.4, -0.2) is 67.9 Å². The van der Waals surface area contributed by atoms with Crippen molar-refractivity contribution < 1.29 is 14.3 Å². The van der Waals surface area contributed by atoms with Crippen LogP contribution in [0.1, 0.15) is 26.2 Å². The van der Waals surface area contributed by atoms with Gasteiger partial charge in [0.25, 0.3) is 0 Å². The Hall–Kier alpha value is -1.79. The van der Waals surface area contributed by atoms with Gasteiger partial charge in [-0.2, -0.15) is 0 Å². The largest absolute Gasteiger partial charge is 0.497 e. The fourth-order valence-corrected chi connectivity index (χ4v) is 3.61. The lowest BCUT2D eigenvalue weighted by Crippen LogP contribution is -2.52. The normalized spacial score (nSPS) is 24.8. The minimum absolute atomic E-state index is 0.0757. The topological polar surface area (TPSA) is 54.0 Å². The third-order valence-electron chi connectivity index (χ3n) is 5.13. The van der Waals surface area contributed by atoms with E-state index in [1.807, 2.05) is 29.2 Å². The first-order chi connectivity index (χ1) is 12.2. The number of likely N-dealkylation sites (tertiary alicyclic amines) is 1. The first-order valence-corrected chi connectivity index (χ1v) is 9.21. The maximum absolute atomic E-state index is 12.6. The van der Waals surface area contributed by atoms with Gasteiger partial charge in [0.1, 0.15) is 5.75 Å². The van der Waals surface area contributed by atoms with Crippen LogP contribution in [0, 0.1) is 0 Å². The molecule has 2 amide bonds. The van der Waals surface area contributed by atoms with Gasteiger partial charge >= 0.3 is 6.03 Å². The van der Waals surface area contributed by atoms with Gasteiger partial charge in [-0.1, -0.05) is 12.5 Å². The van der Waals surface area contributed by atoms with Gasteiger partial charge in [-0.3, -0.25) is 4.90 Å². The molecule has 2 heterocycles. The minimum Gasteiger partial charge on any atom is -0.497 e. The predicted molar refractivity (Wildman–Crippen MR) is 98.2 cm³/mol. The third kappa shape index (κ3) is 4.86. The molecule has 0 saturated carbocycles. The van der Waals surface area contributed by atoms with E-state index in [9.17, 15) is 4.79 Å². The molecule has 3 rings (SSSR count). The molecule has 0 aromatic heterocycles. The number of hydrogen-bond donors (Lipinski definition) is 1. The summed E-state index contributed by atoms with van der Waals surface area (Å²) in [6.45, 7) is 6.19. The molecule has 0 aliphatic carbocycles. The molecule has 2 unspecified atom stereocenters. The number of ether oxygens (including phenoxy) is 2. The molecule has 2 aliphatic rings. The summed E-state index contributed by atoms with van der Waals surface area (Å²) in [6.07, 6.45) is 3.92. The molecule has 2 fully saturated rings. The highest BCUT2D eigenvalue weighted by Gasteiger charge is 2.28. The lowest BCUT2D eigenvalue weighted by atomic mass is 10.0. The van der Waals surface area contributed by atoms with E-state index in [-0.39, 0.29) is 12.1 Å². The van der Waals surface area contributed by atoms with Crippen molar-refractivity contribution in [2.75, 3.05) is 45.2 Å². The van der Waals surface area contributed by atoms with E-state index in [2.05, 4.69) is 17.1 Å². The minimum atomic E-state index is -0.0757. The third-order valence-corrected chi connectivity index (χ3v) is 5.13. The fraction of sp³-hybridized carbons (Fsp3) is 0.632. The molecule has 138 valence electrons. The molecular weight excluding hydrogens is 318 g/mol. The first-order valence-electron chi connectivity index (χ1n) is 9.21. The number of methoxy groups -OCH3 is 1. The molecule has 1 aromatic carbocycles. The fourth-order valence-electron chi connectivity index (χ4n) is 3.61. The van der Waals surface area contributed by atoms with E-state index in [4.69, 9.17) is 9.47 Å². The van der Waals surface area contributed by atoms with Crippen LogP contribution in [0.5, 0.6) is 5.75 Å². The lowest BCUT2D eigenvalue weighted by Gasteiger charge is -2.39. The van der Waals surface area contributed by atoms with Crippen LogP contribution in [-0.2, 0) is 4.74 Å². The number of morpholine rings is 1. The average molecular weight is 347 g/mol. The molecule has 0 bridgehead atoms. The Morgan fingerprint density at radius 3 is 3.04 bits per heavy atom. The summed E-state index contributed by atoms with van der Waals surface area (Å²) in [5.41, 5.74) is 0.747. The zero-order valence-electron chi connectivity index (χ0n) is 15.2. The van der Waals surface area contributed by atoms with E-state index in [0.717, 1.165) is 24.5 Å². The molecule has 25 heavy (non-hydrogen) atoms. The van der Waals surface area contributed by atoms with Gasteiger partial charge in [0, 0.05) is 37.4 Å². The van der Waals surface area contributed by atoms with Crippen molar-refractivity contribution in [1.82, 2.24) is 9.80 Å². The summed E-state index contributed by atoms with van der Waals surface area (Å²) in [7, 11) is 1.62. The second-order valence-electron chi connectivity index (χ2n) is 6.94. The molecule has 0 spiro atoms. The number of urea groups is 1.